The van der Waals surface area contributed by atoms with Crippen molar-refractivity contribution < 1.29 is 17.6 Å². The Balaban J connectivity index is 4.29. The molecule has 12 heavy (non-hydrogen) atoms. The molecule has 0 aromatic rings. The SMILES string of the molecule is CCCC(F)C(F)(F)[C](F)C#N. The van der Waals surface area contributed by atoms with Gasteiger partial charge in [-0.25, -0.2) is 8.78 Å². The number of halogens is 4. The molecule has 0 spiro atoms. The van der Waals surface area contributed by atoms with Gasteiger partial charge in [0.05, 0.1) is 0 Å². The van der Waals surface area contributed by atoms with Crippen LogP contribution in [-0.2, 0) is 0 Å². The predicted molar refractivity (Wildman–Crippen MR) is 34.7 cm³/mol. The van der Waals surface area contributed by atoms with E-state index in [1.165, 1.54) is 6.92 Å². The Morgan fingerprint density at radius 1 is 1.58 bits per heavy atom. The zero-order valence-electron chi connectivity index (χ0n) is 6.45. The number of rotatable bonds is 4. The molecule has 0 amide bonds. The van der Waals surface area contributed by atoms with Crippen LogP contribution in [0.25, 0.3) is 0 Å². The number of hydrogen-bond acceptors (Lipinski definition) is 1. The van der Waals surface area contributed by atoms with E-state index in [0.29, 0.717) is 6.07 Å². The van der Waals surface area contributed by atoms with E-state index in [0.717, 1.165) is 0 Å². The lowest BCUT2D eigenvalue weighted by Gasteiger charge is -2.18. The molecule has 0 N–H and O–H groups in total. The van der Waals surface area contributed by atoms with Crippen LogP contribution in [0.3, 0.4) is 0 Å². The Bertz CT molecular complexity index is 175. The van der Waals surface area contributed by atoms with Gasteiger partial charge >= 0.3 is 12.1 Å². The number of alkyl halides is 3. The minimum Gasteiger partial charge on any atom is -0.241 e. The highest BCUT2D eigenvalue weighted by atomic mass is 19.3. The molecule has 1 nitrogen and oxygen atoms in total. The van der Waals surface area contributed by atoms with Crippen LogP contribution in [0.15, 0.2) is 0 Å². The van der Waals surface area contributed by atoms with Crippen LogP contribution in [0, 0.1) is 17.5 Å². The van der Waals surface area contributed by atoms with Gasteiger partial charge in [-0.2, -0.15) is 14.0 Å². The zero-order valence-corrected chi connectivity index (χ0v) is 6.45. The van der Waals surface area contributed by atoms with Crippen LogP contribution in [0.1, 0.15) is 19.8 Å². The molecule has 1 unspecified atom stereocenters. The molecule has 0 heterocycles. The van der Waals surface area contributed by atoms with Crippen molar-refractivity contribution in [2.75, 3.05) is 0 Å². The molecule has 1 atom stereocenters. The lowest BCUT2D eigenvalue weighted by atomic mass is 10.1. The Morgan fingerprint density at radius 3 is 2.42 bits per heavy atom. The van der Waals surface area contributed by atoms with Crippen LogP contribution in [0.4, 0.5) is 17.6 Å². The van der Waals surface area contributed by atoms with Crippen LogP contribution in [0.5, 0.6) is 0 Å². The first kappa shape index (κ1) is 11.2. The molecule has 0 aliphatic rings. The highest BCUT2D eigenvalue weighted by molar-refractivity contribution is 5.13. The van der Waals surface area contributed by atoms with Crippen LogP contribution < -0.4 is 0 Å². The summed E-state index contributed by atoms with van der Waals surface area (Å²) in [6, 6.07) is 0.605. The van der Waals surface area contributed by atoms with Gasteiger partial charge in [-0.15, -0.1) is 0 Å². The third kappa shape index (κ3) is 2.36. The Labute approximate surface area is 68.0 Å². The molecule has 69 valence electrons. The molecule has 1 radical (unpaired) electrons. The summed E-state index contributed by atoms with van der Waals surface area (Å²) in [4.78, 5) is 0. The summed E-state index contributed by atoms with van der Waals surface area (Å²) >= 11 is 0. The van der Waals surface area contributed by atoms with Gasteiger partial charge < -0.3 is 0 Å². The number of hydrogen-bond donors (Lipinski definition) is 0. The molecule has 0 saturated heterocycles. The standard InChI is InChI=1S/C7H8F4N/c1-2-3-5(8)7(10,11)6(9)4-12/h5H,2-3H2,1H3. The van der Waals surface area contributed by atoms with E-state index in [9.17, 15) is 17.6 Å². The first-order valence-corrected chi connectivity index (χ1v) is 3.41. The van der Waals surface area contributed by atoms with Gasteiger partial charge in [-0.3, -0.25) is 0 Å². The Morgan fingerprint density at radius 2 is 2.08 bits per heavy atom. The largest absolute Gasteiger partial charge is 0.329 e. The van der Waals surface area contributed by atoms with Gasteiger partial charge in [-0.05, 0) is 6.42 Å². The first-order valence-electron chi connectivity index (χ1n) is 3.41. The molecule has 0 aromatic carbocycles. The highest BCUT2D eigenvalue weighted by Gasteiger charge is 2.49. The van der Waals surface area contributed by atoms with E-state index in [1.807, 2.05) is 0 Å². The van der Waals surface area contributed by atoms with E-state index >= 15 is 0 Å². The van der Waals surface area contributed by atoms with Crippen LogP contribution >= 0.6 is 0 Å². The predicted octanol–water partition coefficient (Wildman–Crippen LogP) is 2.78. The topological polar surface area (TPSA) is 23.8 Å². The number of nitriles is 1. The van der Waals surface area contributed by atoms with Crippen molar-refractivity contribution in [3.63, 3.8) is 0 Å². The van der Waals surface area contributed by atoms with Crippen molar-refractivity contribution >= 4 is 0 Å². The third-order valence-electron chi connectivity index (χ3n) is 1.33. The van der Waals surface area contributed by atoms with Crippen molar-refractivity contribution in [3.8, 4) is 6.07 Å². The molecule has 0 bridgehead atoms. The molecule has 0 fully saturated rings. The molecule has 0 aromatic heterocycles. The molecular weight excluding hydrogens is 174 g/mol. The summed E-state index contributed by atoms with van der Waals surface area (Å²) in [7, 11) is 0. The second-order valence-electron chi connectivity index (χ2n) is 2.30. The molecule has 0 rings (SSSR count). The van der Waals surface area contributed by atoms with Crippen molar-refractivity contribution in [2.24, 2.45) is 0 Å². The van der Waals surface area contributed by atoms with Crippen molar-refractivity contribution in [2.45, 2.75) is 31.9 Å². The lowest BCUT2D eigenvalue weighted by molar-refractivity contribution is -0.0763. The average molecular weight is 182 g/mol. The molecule has 0 aliphatic heterocycles. The van der Waals surface area contributed by atoms with E-state index in [2.05, 4.69) is 0 Å². The van der Waals surface area contributed by atoms with Crippen LogP contribution in [0.2, 0.25) is 0 Å². The minimum absolute atomic E-state index is 0.176. The summed E-state index contributed by atoms with van der Waals surface area (Å²) in [6.45, 7) is 1.49. The van der Waals surface area contributed by atoms with Crippen molar-refractivity contribution in [1.29, 1.82) is 5.26 Å². The smallest absolute Gasteiger partial charge is 0.241 e. The fourth-order valence-corrected chi connectivity index (χ4v) is 0.647. The monoisotopic (exact) mass is 182 g/mol. The van der Waals surface area contributed by atoms with Gasteiger partial charge in [0, 0.05) is 0 Å². The third-order valence-corrected chi connectivity index (χ3v) is 1.33. The van der Waals surface area contributed by atoms with E-state index in [-0.39, 0.29) is 6.42 Å². The summed E-state index contributed by atoms with van der Waals surface area (Å²) in [6.07, 6.45) is -5.15. The Hall–Kier alpha value is -0.790. The van der Waals surface area contributed by atoms with Gasteiger partial charge in [0.2, 0.25) is 0 Å². The second-order valence-corrected chi connectivity index (χ2v) is 2.30. The van der Waals surface area contributed by atoms with Gasteiger partial charge in [0.1, 0.15) is 6.07 Å². The highest BCUT2D eigenvalue weighted by Crippen LogP contribution is 2.34. The molecular formula is C7H8F4N. The minimum atomic E-state index is -4.26. The summed E-state index contributed by atoms with van der Waals surface area (Å²) in [5.41, 5.74) is 0. The lowest BCUT2D eigenvalue weighted by Crippen LogP contribution is -2.34. The quantitative estimate of drug-likeness (QED) is 0.613. The van der Waals surface area contributed by atoms with E-state index < -0.39 is 24.7 Å². The molecule has 0 saturated carbocycles. The Kier molecular flexibility index (Phi) is 4.01. The maximum atomic E-state index is 12.5. The molecule has 0 aliphatic carbocycles. The first-order chi connectivity index (χ1) is 5.46. The van der Waals surface area contributed by atoms with E-state index in [4.69, 9.17) is 5.26 Å². The maximum absolute atomic E-state index is 12.5. The number of nitrogens with zero attached hydrogens (tertiary/aromatic N) is 1. The summed E-state index contributed by atoms with van der Waals surface area (Å²) in [5, 5.41) is 7.78. The van der Waals surface area contributed by atoms with E-state index in [1.54, 1.807) is 0 Å². The van der Waals surface area contributed by atoms with Gasteiger partial charge in [-0.1, -0.05) is 13.3 Å². The van der Waals surface area contributed by atoms with Gasteiger partial charge in [0.15, 0.2) is 6.17 Å². The summed E-state index contributed by atoms with van der Waals surface area (Å²) in [5.74, 6) is -4.26. The van der Waals surface area contributed by atoms with Crippen LogP contribution in [-0.4, -0.2) is 12.1 Å². The average Bonchev–Trinajstić information content (AvgIpc) is 2.03. The van der Waals surface area contributed by atoms with Crippen molar-refractivity contribution in [1.82, 2.24) is 0 Å². The van der Waals surface area contributed by atoms with Crippen molar-refractivity contribution in [3.05, 3.63) is 6.17 Å². The zero-order chi connectivity index (χ0) is 9.78. The summed E-state index contributed by atoms with van der Waals surface area (Å²) < 4.78 is 49.3. The second kappa shape index (κ2) is 4.29. The fraction of sp³-hybridized carbons (Fsp3) is 0.714. The van der Waals surface area contributed by atoms with Gasteiger partial charge in [0.25, 0.3) is 0 Å². The fourth-order valence-electron chi connectivity index (χ4n) is 0.647. The maximum Gasteiger partial charge on any atom is 0.329 e. The normalized spacial score (nSPS) is 14.4. The molecule has 5 heteroatoms.